The Morgan fingerprint density at radius 3 is 2.79 bits per heavy atom. The molecule has 3 heterocycles. The van der Waals surface area contributed by atoms with Crippen LogP contribution in [0.1, 0.15) is 5.56 Å². The molecule has 0 aliphatic carbocycles. The van der Waals surface area contributed by atoms with Gasteiger partial charge in [-0.3, -0.25) is 4.79 Å². The van der Waals surface area contributed by atoms with E-state index in [0.29, 0.717) is 28.4 Å². The lowest BCUT2D eigenvalue weighted by Crippen LogP contribution is -2.30. The van der Waals surface area contributed by atoms with E-state index in [9.17, 15) is 9.18 Å². The van der Waals surface area contributed by atoms with Crippen LogP contribution < -0.4 is 4.90 Å². The maximum absolute atomic E-state index is 13.2. The summed E-state index contributed by atoms with van der Waals surface area (Å²) in [6, 6.07) is 13.9. The fourth-order valence-corrected chi connectivity index (χ4v) is 4.20. The molecule has 0 bridgehead atoms. The Morgan fingerprint density at radius 1 is 1.10 bits per heavy atom. The quantitative estimate of drug-likeness (QED) is 0.383. The molecule has 4 aromatic rings. The average molecular weight is 406 g/mol. The van der Waals surface area contributed by atoms with Gasteiger partial charge in [-0.25, -0.2) is 14.4 Å². The van der Waals surface area contributed by atoms with E-state index in [1.807, 2.05) is 23.1 Å². The molecule has 0 N–H and O–H groups in total. The van der Waals surface area contributed by atoms with Gasteiger partial charge < -0.3 is 4.90 Å². The number of halogens is 1. The lowest BCUT2D eigenvalue weighted by molar-refractivity contribution is -0.116. The second kappa shape index (κ2) is 7.25. The highest BCUT2D eigenvalue weighted by atomic mass is 32.2. The van der Waals surface area contributed by atoms with E-state index in [0.717, 1.165) is 12.1 Å². The normalized spacial score (nSPS) is 13.1. The van der Waals surface area contributed by atoms with Crippen molar-refractivity contribution in [1.29, 1.82) is 0 Å². The van der Waals surface area contributed by atoms with Gasteiger partial charge in [-0.15, -0.1) is 5.10 Å². The number of amides is 1. The molecule has 0 fully saturated rings. The van der Waals surface area contributed by atoms with Gasteiger partial charge in [-0.05, 0) is 42.3 Å². The van der Waals surface area contributed by atoms with E-state index in [4.69, 9.17) is 0 Å². The van der Waals surface area contributed by atoms with Crippen molar-refractivity contribution in [3.05, 3.63) is 66.2 Å². The summed E-state index contributed by atoms with van der Waals surface area (Å²) >= 11 is 1.31. The number of thioether (sulfide) groups is 1. The maximum atomic E-state index is 13.2. The van der Waals surface area contributed by atoms with Gasteiger partial charge in [0.15, 0.2) is 11.2 Å². The van der Waals surface area contributed by atoms with Crippen molar-refractivity contribution in [3.63, 3.8) is 0 Å². The van der Waals surface area contributed by atoms with Crippen LogP contribution in [0.15, 0.2) is 59.9 Å². The fourth-order valence-electron chi connectivity index (χ4n) is 3.40. The van der Waals surface area contributed by atoms with Crippen molar-refractivity contribution in [1.82, 2.24) is 25.0 Å². The molecule has 1 aliphatic rings. The van der Waals surface area contributed by atoms with Gasteiger partial charge in [0.1, 0.15) is 17.2 Å². The Labute approximate surface area is 169 Å². The lowest BCUT2D eigenvalue weighted by atomic mass is 10.2. The zero-order valence-corrected chi connectivity index (χ0v) is 16.0. The first-order valence-electron chi connectivity index (χ1n) is 9.04. The molecule has 0 radical (unpaired) electrons. The summed E-state index contributed by atoms with van der Waals surface area (Å²) in [6.07, 6.45) is 2.29. The minimum atomic E-state index is -0.328. The van der Waals surface area contributed by atoms with Crippen LogP contribution in [0.2, 0.25) is 0 Å². The van der Waals surface area contributed by atoms with Crippen LogP contribution in [0, 0.1) is 5.82 Å². The second-order valence-corrected chi connectivity index (χ2v) is 7.51. The van der Waals surface area contributed by atoms with Crippen molar-refractivity contribution in [2.45, 2.75) is 11.4 Å². The number of para-hydroxylation sites is 1. The van der Waals surface area contributed by atoms with Crippen molar-refractivity contribution < 1.29 is 9.18 Å². The number of hydrogen-bond acceptors (Lipinski definition) is 6. The van der Waals surface area contributed by atoms with Gasteiger partial charge >= 0.3 is 0 Å². The Hall–Kier alpha value is -3.33. The summed E-state index contributed by atoms with van der Waals surface area (Å²) in [7, 11) is 0. The van der Waals surface area contributed by atoms with Gasteiger partial charge in [0.05, 0.1) is 11.4 Å². The summed E-state index contributed by atoms with van der Waals surface area (Å²) in [4.78, 5) is 23.1. The first-order valence-corrected chi connectivity index (χ1v) is 10.0. The Kier molecular flexibility index (Phi) is 4.44. The van der Waals surface area contributed by atoms with E-state index in [1.54, 1.807) is 12.1 Å². The highest BCUT2D eigenvalue weighted by Gasteiger charge is 2.24. The molecule has 5 rings (SSSR count). The van der Waals surface area contributed by atoms with Crippen LogP contribution in [0.25, 0.3) is 16.9 Å². The van der Waals surface area contributed by atoms with Crippen LogP contribution in [0.4, 0.5) is 10.1 Å². The Bertz CT molecular complexity index is 1210. The number of aromatic nitrogens is 5. The third-order valence-electron chi connectivity index (χ3n) is 4.80. The largest absolute Gasteiger partial charge is 0.311 e. The van der Waals surface area contributed by atoms with Crippen LogP contribution in [0.5, 0.6) is 0 Å². The maximum Gasteiger partial charge on any atom is 0.237 e. The standard InChI is InChI=1S/C20H15FN6OS/c21-14-5-7-15(8-6-14)27-19-18(24-25-27)20(23-12-22-19)29-11-17(28)26-10-9-13-3-1-2-4-16(13)26/h1-8,12H,9-11H2. The Morgan fingerprint density at radius 2 is 1.93 bits per heavy atom. The van der Waals surface area contributed by atoms with Gasteiger partial charge in [0.2, 0.25) is 5.91 Å². The first kappa shape index (κ1) is 17.7. The average Bonchev–Trinajstić information content (AvgIpc) is 3.37. The fraction of sp³-hybridized carbons (Fsp3) is 0.150. The number of benzene rings is 2. The van der Waals surface area contributed by atoms with Gasteiger partial charge in [0, 0.05) is 12.2 Å². The molecule has 0 spiro atoms. The minimum absolute atomic E-state index is 0.0256. The topological polar surface area (TPSA) is 76.8 Å². The summed E-state index contributed by atoms with van der Waals surface area (Å²) in [5.74, 6) is -0.0622. The van der Waals surface area contributed by atoms with Crippen molar-refractivity contribution in [3.8, 4) is 5.69 Å². The van der Waals surface area contributed by atoms with E-state index in [1.165, 1.54) is 40.5 Å². The summed E-state index contributed by atoms with van der Waals surface area (Å²) in [5.41, 5.74) is 3.84. The minimum Gasteiger partial charge on any atom is -0.311 e. The summed E-state index contributed by atoms with van der Waals surface area (Å²) in [6.45, 7) is 0.693. The SMILES string of the molecule is O=C(CSc1ncnc2c1nnn2-c1ccc(F)cc1)N1CCc2ccccc21. The highest BCUT2D eigenvalue weighted by molar-refractivity contribution is 8.00. The van der Waals surface area contributed by atoms with Gasteiger partial charge in [0.25, 0.3) is 0 Å². The predicted molar refractivity (Wildman–Crippen MR) is 108 cm³/mol. The van der Waals surface area contributed by atoms with Crippen molar-refractivity contribution in [2.24, 2.45) is 0 Å². The van der Waals surface area contributed by atoms with Crippen LogP contribution in [0.3, 0.4) is 0 Å². The second-order valence-electron chi connectivity index (χ2n) is 6.54. The number of anilines is 1. The van der Waals surface area contributed by atoms with Gasteiger partial charge in [-0.1, -0.05) is 35.2 Å². The van der Waals surface area contributed by atoms with Crippen molar-refractivity contribution >= 4 is 34.5 Å². The number of nitrogens with zero attached hydrogens (tertiary/aromatic N) is 6. The highest BCUT2D eigenvalue weighted by Crippen LogP contribution is 2.29. The third-order valence-corrected chi connectivity index (χ3v) is 5.76. The molecule has 144 valence electrons. The smallest absolute Gasteiger partial charge is 0.237 e. The zero-order chi connectivity index (χ0) is 19.8. The summed E-state index contributed by atoms with van der Waals surface area (Å²) in [5, 5.41) is 8.89. The number of fused-ring (bicyclic) bond motifs is 2. The van der Waals surface area contributed by atoms with E-state index in [-0.39, 0.29) is 17.5 Å². The Balaban J connectivity index is 1.38. The monoisotopic (exact) mass is 406 g/mol. The molecule has 9 heteroatoms. The molecule has 0 unspecified atom stereocenters. The molecule has 0 saturated heterocycles. The van der Waals surface area contributed by atoms with Crippen LogP contribution >= 0.6 is 11.8 Å². The molecule has 1 aliphatic heterocycles. The van der Waals surface area contributed by atoms with E-state index in [2.05, 4.69) is 26.3 Å². The number of carbonyl (C=O) groups is 1. The third kappa shape index (κ3) is 3.23. The molecule has 7 nitrogen and oxygen atoms in total. The molecule has 0 atom stereocenters. The molecular weight excluding hydrogens is 391 g/mol. The number of carbonyl (C=O) groups excluding carboxylic acids is 1. The number of hydrogen-bond donors (Lipinski definition) is 0. The van der Waals surface area contributed by atoms with E-state index < -0.39 is 0 Å². The first-order chi connectivity index (χ1) is 14.2. The summed E-state index contributed by atoms with van der Waals surface area (Å²) < 4.78 is 14.7. The van der Waals surface area contributed by atoms with Gasteiger partial charge in [-0.2, -0.15) is 4.68 Å². The molecule has 1 amide bonds. The van der Waals surface area contributed by atoms with Crippen LogP contribution in [-0.2, 0) is 11.2 Å². The number of rotatable bonds is 4. The lowest BCUT2D eigenvalue weighted by Gasteiger charge is -2.16. The molecular formula is C20H15FN6OS. The van der Waals surface area contributed by atoms with Crippen molar-refractivity contribution in [2.75, 3.05) is 17.2 Å². The molecule has 0 saturated carbocycles. The van der Waals surface area contributed by atoms with E-state index >= 15 is 0 Å². The molecule has 29 heavy (non-hydrogen) atoms. The molecule has 2 aromatic heterocycles. The zero-order valence-electron chi connectivity index (χ0n) is 15.2. The van der Waals surface area contributed by atoms with Crippen LogP contribution in [-0.4, -0.2) is 43.2 Å². The molecule has 2 aromatic carbocycles. The predicted octanol–water partition coefficient (Wildman–Crippen LogP) is 3.03.